The summed E-state index contributed by atoms with van der Waals surface area (Å²) in [7, 11) is 0. The second kappa shape index (κ2) is 5.05. The first kappa shape index (κ1) is 14.2. The van der Waals surface area contributed by atoms with Crippen molar-refractivity contribution in [3.63, 3.8) is 0 Å². The Bertz CT molecular complexity index is 595. The van der Waals surface area contributed by atoms with E-state index < -0.39 is 23.8 Å². The van der Waals surface area contributed by atoms with E-state index in [1.165, 1.54) is 12.1 Å². The minimum absolute atomic E-state index is 0.0525. The molecule has 0 saturated carbocycles. The largest absolute Gasteiger partial charge is 0.398 e. The summed E-state index contributed by atoms with van der Waals surface area (Å²) in [5.74, 6) is -1.79. The van der Waals surface area contributed by atoms with Crippen molar-refractivity contribution in [1.29, 1.82) is 0 Å². The Labute approximate surface area is 116 Å². The van der Waals surface area contributed by atoms with E-state index in [2.05, 4.69) is 0 Å². The van der Waals surface area contributed by atoms with Gasteiger partial charge in [-0.3, -0.25) is 14.4 Å². The first-order valence-electron chi connectivity index (χ1n) is 6.40. The van der Waals surface area contributed by atoms with Gasteiger partial charge in [-0.15, -0.1) is 0 Å². The maximum absolute atomic E-state index is 12.2. The molecule has 0 spiro atoms. The zero-order chi connectivity index (χ0) is 15.0. The lowest BCUT2D eigenvalue weighted by Gasteiger charge is -2.18. The predicted molar refractivity (Wildman–Crippen MR) is 73.8 cm³/mol. The van der Waals surface area contributed by atoms with Crippen LogP contribution in [0.25, 0.3) is 0 Å². The zero-order valence-corrected chi connectivity index (χ0v) is 11.4. The lowest BCUT2D eigenvalue weighted by atomic mass is 10.0. The molecular formula is C14H17N3O3. The molecule has 3 amide bonds. The molecular weight excluding hydrogens is 258 g/mol. The number of hydrogen-bond acceptors (Lipinski definition) is 5. The number of hydrogen-bond donors (Lipinski definition) is 2. The fraction of sp³-hybridized carbons (Fsp3) is 0.357. The van der Waals surface area contributed by atoms with E-state index in [1.807, 2.05) is 13.8 Å². The Morgan fingerprint density at radius 1 is 1.25 bits per heavy atom. The predicted octanol–water partition coefficient (Wildman–Crippen LogP) is 0.765. The van der Waals surface area contributed by atoms with E-state index in [0.717, 1.165) is 0 Å². The van der Waals surface area contributed by atoms with E-state index in [9.17, 15) is 14.4 Å². The second-order valence-electron chi connectivity index (χ2n) is 5.22. The van der Waals surface area contributed by atoms with Gasteiger partial charge in [-0.1, -0.05) is 19.9 Å². The molecule has 0 fully saturated rings. The zero-order valence-electron chi connectivity index (χ0n) is 11.4. The third-order valence-electron chi connectivity index (χ3n) is 3.46. The third-order valence-corrected chi connectivity index (χ3v) is 3.46. The molecule has 1 aromatic carbocycles. The summed E-state index contributed by atoms with van der Waals surface area (Å²) < 4.78 is 0. The number of carbonyl (C=O) groups excluding carboxylic acids is 3. The summed E-state index contributed by atoms with van der Waals surface area (Å²) in [5.41, 5.74) is 12.0. The van der Waals surface area contributed by atoms with Crippen molar-refractivity contribution in [2.24, 2.45) is 11.7 Å². The van der Waals surface area contributed by atoms with Crippen LogP contribution >= 0.6 is 0 Å². The summed E-state index contributed by atoms with van der Waals surface area (Å²) in [6, 6.07) is 4.19. The van der Waals surface area contributed by atoms with E-state index in [1.54, 1.807) is 6.07 Å². The molecule has 0 aromatic heterocycles. The van der Waals surface area contributed by atoms with Gasteiger partial charge in [-0.25, -0.2) is 4.90 Å². The number of nitrogen functional groups attached to an aromatic ring is 1. The number of benzene rings is 1. The molecule has 0 bridgehead atoms. The second-order valence-corrected chi connectivity index (χ2v) is 5.22. The van der Waals surface area contributed by atoms with Crippen LogP contribution in [0.15, 0.2) is 18.2 Å². The number of nitrogens with two attached hydrogens (primary N) is 2. The van der Waals surface area contributed by atoms with Crippen molar-refractivity contribution in [1.82, 2.24) is 4.90 Å². The molecule has 1 heterocycles. The number of fused-ring (bicyclic) bond motifs is 1. The molecule has 0 radical (unpaired) electrons. The van der Waals surface area contributed by atoms with E-state index in [0.29, 0.717) is 4.90 Å². The van der Waals surface area contributed by atoms with Crippen LogP contribution in [0.5, 0.6) is 0 Å². The number of rotatable bonds is 3. The van der Waals surface area contributed by atoms with Gasteiger partial charge in [0.15, 0.2) is 0 Å². The number of imide groups is 3. The molecule has 1 aromatic rings. The molecule has 4 N–H and O–H groups in total. The van der Waals surface area contributed by atoms with Gasteiger partial charge < -0.3 is 11.5 Å². The average Bonchev–Trinajstić information content (AvgIpc) is 2.62. The van der Waals surface area contributed by atoms with Gasteiger partial charge in [-0.2, -0.15) is 0 Å². The highest BCUT2D eigenvalue weighted by molar-refractivity contribution is 6.30. The maximum Gasteiger partial charge on any atom is 0.270 e. The normalized spacial score (nSPS) is 15.7. The summed E-state index contributed by atoms with van der Waals surface area (Å²) in [5, 5.41) is 0. The van der Waals surface area contributed by atoms with Gasteiger partial charge in [0.2, 0.25) is 5.91 Å². The van der Waals surface area contributed by atoms with Crippen LogP contribution in [-0.2, 0) is 4.79 Å². The van der Waals surface area contributed by atoms with Gasteiger partial charge in [0.25, 0.3) is 11.8 Å². The van der Waals surface area contributed by atoms with Crippen LogP contribution in [0.1, 0.15) is 41.0 Å². The Kier molecular flexibility index (Phi) is 3.59. The molecule has 1 aliphatic heterocycles. The summed E-state index contributed by atoms with van der Waals surface area (Å²) in [4.78, 5) is 37.1. The number of nitrogens with zero attached hydrogens (tertiary/aromatic N) is 1. The van der Waals surface area contributed by atoms with Crippen LogP contribution in [0.3, 0.4) is 0 Å². The van der Waals surface area contributed by atoms with E-state index in [-0.39, 0.29) is 29.2 Å². The van der Waals surface area contributed by atoms with Crippen molar-refractivity contribution in [3.8, 4) is 0 Å². The van der Waals surface area contributed by atoms with Crippen LogP contribution in [-0.4, -0.2) is 28.7 Å². The SMILES string of the molecule is CC(C)C(N)CC(=O)N1C(=O)c2cccc(N)c2C1=O. The highest BCUT2D eigenvalue weighted by Crippen LogP contribution is 2.28. The summed E-state index contributed by atoms with van der Waals surface area (Å²) in [6.07, 6.45) is -0.0525. The molecule has 1 unspecified atom stereocenters. The lowest BCUT2D eigenvalue weighted by molar-refractivity contribution is -0.126. The van der Waals surface area contributed by atoms with Crippen LogP contribution < -0.4 is 11.5 Å². The smallest absolute Gasteiger partial charge is 0.270 e. The fourth-order valence-electron chi connectivity index (χ4n) is 2.07. The fourth-order valence-corrected chi connectivity index (χ4v) is 2.07. The first-order chi connectivity index (χ1) is 9.34. The van der Waals surface area contributed by atoms with Gasteiger partial charge in [0, 0.05) is 18.2 Å². The molecule has 106 valence electrons. The van der Waals surface area contributed by atoms with Crippen molar-refractivity contribution < 1.29 is 14.4 Å². The molecule has 20 heavy (non-hydrogen) atoms. The van der Waals surface area contributed by atoms with Crippen LogP contribution in [0.4, 0.5) is 5.69 Å². The number of anilines is 1. The Morgan fingerprint density at radius 2 is 1.90 bits per heavy atom. The van der Waals surface area contributed by atoms with Crippen molar-refractivity contribution in [2.45, 2.75) is 26.3 Å². The third kappa shape index (κ3) is 2.18. The monoisotopic (exact) mass is 275 g/mol. The molecule has 0 saturated heterocycles. The van der Waals surface area contributed by atoms with Crippen molar-refractivity contribution in [3.05, 3.63) is 29.3 Å². The highest BCUT2D eigenvalue weighted by Gasteiger charge is 2.41. The van der Waals surface area contributed by atoms with Gasteiger partial charge in [0.1, 0.15) is 0 Å². The summed E-state index contributed by atoms with van der Waals surface area (Å²) >= 11 is 0. The Hall–Kier alpha value is -2.21. The Balaban J connectivity index is 2.29. The molecule has 1 atom stereocenters. The molecule has 6 heteroatoms. The topological polar surface area (TPSA) is 106 Å². The maximum atomic E-state index is 12.2. The average molecular weight is 275 g/mol. The van der Waals surface area contributed by atoms with Crippen LogP contribution in [0, 0.1) is 5.92 Å². The number of amides is 3. The van der Waals surface area contributed by atoms with E-state index in [4.69, 9.17) is 11.5 Å². The molecule has 2 rings (SSSR count). The lowest BCUT2D eigenvalue weighted by Crippen LogP contribution is -2.41. The minimum atomic E-state index is -0.663. The molecule has 1 aliphatic rings. The highest BCUT2D eigenvalue weighted by atomic mass is 16.2. The Morgan fingerprint density at radius 3 is 2.45 bits per heavy atom. The minimum Gasteiger partial charge on any atom is -0.398 e. The molecule has 0 aliphatic carbocycles. The van der Waals surface area contributed by atoms with Gasteiger partial charge in [0.05, 0.1) is 11.1 Å². The van der Waals surface area contributed by atoms with Crippen molar-refractivity contribution >= 4 is 23.4 Å². The van der Waals surface area contributed by atoms with Crippen molar-refractivity contribution in [2.75, 3.05) is 5.73 Å². The molecule has 6 nitrogen and oxygen atoms in total. The first-order valence-corrected chi connectivity index (χ1v) is 6.40. The van der Waals surface area contributed by atoms with Crippen LogP contribution in [0.2, 0.25) is 0 Å². The van der Waals surface area contributed by atoms with Gasteiger partial charge >= 0.3 is 0 Å². The summed E-state index contributed by atoms with van der Waals surface area (Å²) in [6.45, 7) is 3.75. The standard InChI is InChI=1S/C14H17N3O3/c1-7(2)10(16)6-11(18)17-13(19)8-4-3-5-9(15)12(8)14(17)20/h3-5,7,10H,6,15-16H2,1-2H3. The van der Waals surface area contributed by atoms with E-state index >= 15 is 0 Å². The number of carbonyl (C=O) groups is 3. The van der Waals surface area contributed by atoms with Gasteiger partial charge in [-0.05, 0) is 18.1 Å². The quantitative estimate of drug-likeness (QED) is 0.625.